The predicted octanol–water partition coefficient (Wildman–Crippen LogP) is 4.30. The quantitative estimate of drug-likeness (QED) is 0.743. The molecule has 0 radical (unpaired) electrons. The van der Waals surface area contributed by atoms with E-state index in [1.807, 2.05) is 0 Å². The van der Waals surface area contributed by atoms with Gasteiger partial charge < -0.3 is 9.84 Å². The Kier molecular flexibility index (Phi) is 5.60. The number of nitrogens with zero attached hydrogens (tertiary/aromatic N) is 1. The third kappa shape index (κ3) is 3.04. The van der Waals surface area contributed by atoms with Crippen LogP contribution in [-0.2, 0) is 4.74 Å². The van der Waals surface area contributed by atoms with Crippen LogP contribution >= 0.6 is 11.6 Å². The van der Waals surface area contributed by atoms with Crippen molar-refractivity contribution >= 4 is 11.6 Å². The molecule has 5 unspecified atom stereocenters. The van der Waals surface area contributed by atoms with Gasteiger partial charge in [0.15, 0.2) is 6.29 Å². The molecule has 3 rings (SSSR count). The molecule has 0 aromatic carbocycles. The molecule has 2 fully saturated rings. The summed E-state index contributed by atoms with van der Waals surface area (Å²) in [5.74, 6) is 0.544. The lowest BCUT2D eigenvalue weighted by molar-refractivity contribution is -0.130. The lowest BCUT2D eigenvalue weighted by atomic mass is 9.59. The molecule has 5 heteroatoms. The number of likely N-dealkylation sites (tertiary alicyclic amines) is 1. The highest BCUT2D eigenvalue weighted by Crippen LogP contribution is 2.61. The monoisotopic (exact) mass is 359 g/mol. The molecule has 1 saturated heterocycles. The first kappa shape index (κ1) is 18.6. The van der Waals surface area contributed by atoms with Crippen LogP contribution in [0.4, 0.5) is 4.39 Å². The summed E-state index contributed by atoms with van der Waals surface area (Å²) in [6.07, 6.45) is 5.94. The Morgan fingerprint density at radius 2 is 2.04 bits per heavy atom. The van der Waals surface area contributed by atoms with Gasteiger partial charge in [0.2, 0.25) is 0 Å². The van der Waals surface area contributed by atoms with Crippen molar-refractivity contribution in [1.29, 1.82) is 0 Å². The average Bonchev–Trinajstić information content (AvgIpc) is 3.13. The maximum absolute atomic E-state index is 14.5. The Balaban J connectivity index is 1.65. The second-order valence-electron chi connectivity index (χ2n) is 8.23. The molecule has 1 N–H and O–H groups in total. The van der Waals surface area contributed by atoms with Crippen molar-refractivity contribution in [1.82, 2.24) is 4.90 Å². The Morgan fingerprint density at radius 1 is 1.38 bits per heavy atom. The van der Waals surface area contributed by atoms with Crippen LogP contribution < -0.4 is 0 Å². The molecule has 0 amide bonds. The Hall–Kier alpha value is -0.160. The molecule has 1 heterocycles. The fourth-order valence-corrected chi connectivity index (χ4v) is 5.64. The smallest absolute Gasteiger partial charge is 0.157 e. The van der Waals surface area contributed by atoms with Gasteiger partial charge in [-0.25, -0.2) is 4.39 Å². The van der Waals surface area contributed by atoms with Crippen LogP contribution in [-0.4, -0.2) is 42.5 Å². The lowest BCUT2D eigenvalue weighted by Gasteiger charge is -2.52. The van der Waals surface area contributed by atoms with Gasteiger partial charge >= 0.3 is 0 Å². The van der Waals surface area contributed by atoms with E-state index in [1.165, 1.54) is 25.7 Å². The molecule has 0 aromatic heterocycles. The van der Waals surface area contributed by atoms with Crippen molar-refractivity contribution in [3.63, 3.8) is 0 Å². The Morgan fingerprint density at radius 3 is 2.62 bits per heavy atom. The van der Waals surface area contributed by atoms with E-state index in [0.717, 1.165) is 25.9 Å². The molecule has 0 aromatic rings. The van der Waals surface area contributed by atoms with Gasteiger partial charge in [0.1, 0.15) is 5.83 Å². The van der Waals surface area contributed by atoms with Crippen LogP contribution in [0.1, 0.15) is 52.4 Å². The van der Waals surface area contributed by atoms with Crippen LogP contribution in [0.3, 0.4) is 0 Å². The number of hydrogen-bond donors (Lipinski definition) is 1. The van der Waals surface area contributed by atoms with E-state index in [4.69, 9.17) is 16.3 Å². The highest BCUT2D eigenvalue weighted by atomic mass is 35.5. The standard InChI is InChI=1S/C19H31ClFNO2/c1-12-10-13(18(23)24-3)8-9-22(12)11-15-16(21)17(20)19(15,2)14-6-4-5-7-14/h12-15,18,23H,4-11H2,1-3H3. The number of halogens is 2. The zero-order valence-corrected chi connectivity index (χ0v) is 15.9. The SMILES string of the molecule is COC(O)C1CCN(CC2C(F)=C(Cl)C2(C)C2CCCC2)C(C)C1. The second-order valence-corrected chi connectivity index (χ2v) is 8.61. The highest BCUT2D eigenvalue weighted by Gasteiger charge is 2.56. The number of piperidine rings is 1. The zero-order valence-electron chi connectivity index (χ0n) is 15.1. The summed E-state index contributed by atoms with van der Waals surface area (Å²) < 4.78 is 19.6. The van der Waals surface area contributed by atoms with E-state index in [2.05, 4.69) is 18.7 Å². The van der Waals surface area contributed by atoms with E-state index in [-0.39, 0.29) is 23.1 Å². The molecule has 0 bridgehead atoms. The maximum atomic E-state index is 14.5. The summed E-state index contributed by atoms with van der Waals surface area (Å²) in [5, 5.41) is 10.4. The number of ether oxygens (including phenoxy) is 1. The topological polar surface area (TPSA) is 32.7 Å². The van der Waals surface area contributed by atoms with Gasteiger partial charge in [0.05, 0.1) is 5.03 Å². The highest BCUT2D eigenvalue weighted by molar-refractivity contribution is 6.31. The molecule has 1 saturated carbocycles. The molecule has 138 valence electrons. The van der Waals surface area contributed by atoms with Crippen molar-refractivity contribution in [2.24, 2.45) is 23.2 Å². The number of rotatable bonds is 5. The summed E-state index contributed by atoms with van der Waals surface area (Å²) in [6.45, 7) is 5.97. The van der Waals surface area contributed by atoms with Gasteiger partial charge in [-0.1, -0.05) is 31.4 Å². The number of allylic oxidation sites excluding steroid dienone is 1. The minimum Gasteiger partial charge on any atom is -0.368 e. The van der Waals surface area contributed by atoms with E-state index in [0.29, 0.717) is 17.0 Å². The first-order valence-electron chi connectivity index (χ1n) is 9.40. The van der Waals surface area contributed by atoms with Gasteiger partial charge in [0, 0.05) is 36.9 Å². The van der Waals surface area contributed by atoms with Crippen molar-refractivity contribution in [3.8, 4) is 0 Å². The van der Waals surface area contributed by atoms with E-state index in [1.54, 1.807) is 7.11 Å². The molecule has 3 nitrogen and oxygen atoms in total. The molecule has 24 heavy (non-hydrogen) atoms. The van der Waals surface area contributed by atoms with Crippen LogP contribution in [0.5, 0.6) is 0 Å². The van der Waals surface area contributed by atoms with Gasteiger partial charge in [-0.3, -0.25) is 4.90 Å². The normalized spacial score (nSPS) is 40.0. The predicted molar refractivity (Wildman–Crippen MR) is 94.3 cm³/mol. The molecular formula is C19H31ClFNO2. The molecule has 2 aliphatic carbocycles. The minimum absolute atomic E-state index is 0.0700. The molecule has 3 aliphatic rings. The van der Waals surface area contributed by atoms with Crippen molar-refractivity contribution < 1.29 is 14.2 Å². The third-order valence-electron chi connectivity index (χ3n) is 7.03. The van der Waals surface area contributed by atoms with E-state index < -0.39 is 6.29 Å². The minimum atomic E-state index is -0.687. The molecule has 5 atom stereocenters. The van der Waals surface area contributed by atoms with Crippen molar-refractivity contribution in [2.45, 2.75) is 64.7 Å². The first-order valence-corrected chi connectivity index (χ1v) is 9.77. The summed E-state index contributed by atoms with van der Waals surface area (Å²) >= 11 is 6.36. The van der Waals surface area contributed by atoms with Crippen LogP contribution in [0.25, 0.3) is 0 Å². The average molecular weight is 360 g/mol. The fraction of sp³-hybridized carbons (Fsp3) is 0.895. The van der Waals surface area contributed by atoms with Crippen LogP contribution in [0.2, 0.25) is 0 Å². The Labute approximate surface area is 150 Å². The third-order valence-corrected chi connectivity index (χ3v) is 7.62. The first-order chi connectivity index (χ1) is 11.4. The molecule has 1 aliphatic heterocycles. The largest absolute Gasteiger partial charge is 0.368 e. The van der Waals surface area contributed by atoms with Crippen LogP contribution in [0.15, 0.2) is 10.9 Å². The molecule has 0 spiro atoms. The molecular weight excluding hydrogens is 329 g/mol. The number of hydrogen-bond acceptors (Lipinski definition) is 3. The Bertz CT molecular complexity index is 494. The summed E-state index contributed by atoms with van der Waals surface area (Å²) in [5.41, 5.74) is -0.176. The summed E-state index contributed by atoms with van der Waals surface area (Å²) in [6, 6.07) is 0.327. The van der Waals surface area contributed by atoms with Gasteiger partial charge in [-0.2, -0.15) is 0 Å². The van der Waals surface area contributed by atoms with E-state index >= 15 is 0 Å². The number of aliphatic hydroxyl groups excluding tert-OH is 1. The van der Waals surface area contributed by atoms with Gasteiger partial charge in [-0.15, -0.1) is 0 Å². The second kappa shape index (κ2) is 7.22. The lowest BCUT2D eigenvalue weighted by Crippen LogP contribution is -2.52. The van der Waals surface area contributed by atoms with Crippen molar-refractivity contribution in [3.05, 3.63) is 10.9 Å². The zero-order chi connectivity index (χ0) is 17.5. The fourth-order valence-electron chi connectivity index (χ4n) is 5.22. The van der Waals surface area contributed by atoms with Crippen molar-refractivity contribution in [2.75, 3.05) is 20.2 Å². The summed E-state index contributed by atoms with van der Waals surface area (Å²) in [7, 11) is 1.55. The van der Waals surface area contributed by atoms with Gasteiger partial charge in [0.25, 0.3) is 0 Å². The maximum Gasteiger partial charge on any atom is 0.157 e. The number of methoxy groups -OCH3 is 1. The van der Waals surface area contributed by atoms with Crippen LogP contribution in [0, 0.1) is 23.2 Å². The van der Waals surface area contributed by atoms with Gasteiger partial charge in [-0.05, 0) is 45.1 Å². The summed E-state index contributed by atoms with van der Waals surface area (Å²) in [4.78, 5) is 2.37. The number of aliphatic hydroxyl groups is 1. The van der Waals surface area contributed by atoms with E-state index in [9.17, 15) is 9.50 Å².